The highest BCUT2D eigenvalue weighted by molar-refractivity contribution is 5.94. The second-order valence-corrected chi connectivity index (χ2v) is 6.12. The zero-order chi connectivity index (χ0) is 17.1. The molecule has 1 atom stereocenters. The number of hydrogen-bond donors (Lipinski definition) is 2. The van der Waals surface area contributed by atoms with Crippen molar-refractivity contribution in [3.63, 3.8) is 0 Å². The second kappa shape index (κ2) is 10.8. The van der Waals surface area contributed by atoms with E-state index in [2.05, 4.69) is 24.5 Å². The van der Waals surface area contributed by atoms with Crippen molar-refractivity contribution in [2.24, 2.45) is 5.92 Å². The molecule has 0 saturated carbocycles. The van der Waals surface area contributed by atoms with Gasteiger partial charge in [0.05, 0.1) is 0 Å². The molecular formula is C18H28N2O3. The monoisotopic (exact) mass is 320 g/mol. The summed E-state index contributed by atoms with van der Waals surface area (Å²) in [5.41, 5.74) is 0.599. The van der Waals surface area contributed by atoms with Gasteiger partial charge < -0.3 is 15.4 Å². The van der Waals surface area contributed by atoms with E-state index >= 15 is 0 Å². The van der Waals surface area contributed by atoms with Gasteiger partial charge in [0.25, 0.3) is 5.91 Å². The van der Waals surface area contributed by atoms with Gasteiger partial charge in [-0.25, -0.2) is 0 Å². The van der Waals surface area contributed by atoms with Crippen molar-refractivity contribution in [2.75, 3.05) is 19.8 Å². The molecule has 0 aromatic heterocycles. The molecule has 0 radical (unpaired) electrons. The van der Waals surface area contributed by atoms with Gasteiger partial charge in [-0.3, -0.25) is 9.59 Å². The number of benzene rings is 1. The Morgan fingerprint density at radius 2 is 1.83 bits per heavy atom. The van der Waals surface area contributed by atoms with Crippen LogP contribution in [0.1, 0.15) is 44.0 Å². The average Bonchev–Trinajstić information content (AvgIpc) is 2.51. The van der Waals surface area contributed by atoms with Crippen molar-refractivity contribution < 1.29 is 14.3 Å². The fourth-order valence-corrected chi connectivity index (χ4v) is 2.02. The van der Waals surface area contributed by atoms with Crippen molar-refractivity contribution in [3.8, 4) is 0 Å². The lowest BCUT2D eigenvalue weighted by atomic mass is 10.1. The molecule has 0 saturated heterocycles. The van der Waals surface area contributed by atoms with Gasteiger partial charge in [-0.05, 0) is 31.4 Å². The molecule has 0 spiro atoms. The summed E-state index contributed by atoms with van der Waals surface area (Å²) in [5, 5.41) is 5.67. The standard InChI is InChI=1S/C18H28N2O3/c1-14(2)13-23-11-7-10-19-17(21)12-15(3)20-18(22)16-8-5-4-6-9-16/h4-6,8-9,14-15H,7,10-13H2,1-3H3,(H,19,21)(H,20,22). The van der Waals surface area contributed by atoms with E-state index in [4.69, 9.17) is 4.74 Å². The maximum atomic E-state index is 12.0. The Balaban J connectivity index is 2.15. The summed E-state index contributed by atoms with van der Waals surface area (Å²) >= 11 is 0. The number of hydrogen-bond acceptors (Lipinski definition) is 3. The number of amides is 2. The van der Waals surface area contributed by atoms with E-state index in [0.29, 0.717) is 24.6 Å². The molecule has 2 amide bonds. The Labute approximate surface area is 138 Å². The van der Waals surface area contributed by atoms with E-state index in [-0.39, 0.29) is 24.3 Å². The first-order chi connectivity index (χ1) is 11.0. The van der Waals surface area contributed by atoms with Gasteiger partial charge in [-0.15, -0.1) is 0 Å². The molecule has 0 bridgehead atoms. The van der Waals surface area contributed by atoms with E-state index in [1.54, 1.807) is 12.1 Å². The van der Waals surface area contributed by atoms with Crippen LogP contribution in [0.25, 0.3) is 0 Å². The molecule has 0 aliphatic rings. The first-order valence-electron chi connectivity index (χ1n) is 8.19. The fraction of sp³-hybridized carbons (Fsp3) is 0.556. The third-order valence-electron chi connectivity index (χ3n) is 3.14. The van der Waals surface area contributed by atoms with Crippen molar-refractivity contribution in [2.45, 2.75) is 39.7 Å². The topological polar surface area (TPSA) is 67.4 Å². The van der Waals surface area contributed by atoms with E-state index in [1.165, 1.54) is 0 Å². The third kappa shape index (κ3) is 8.98. The number of rotatable bonds is 10. The van der Waals surface area contributed by atoms with Gasteiger partial charge in [0, 0.05) is 37.8 Å². The quantitative estimate of drug-likeness (QED) is 0.650. The number of carbonyl (C=O) groups excluding carboxylic acids is 2. The van der Waals surface area contributed by atoms with Gasteiger partial charge in [0.15, 0.2) is 0 Å². The van der Waals surface area contributed by atoms with Crippen LogP contribution in [0, 0.1) is 5.92 Å². The van der Waals surface area contributed by atoms with Crippen molar-refractivity contribution >= 4 is 11.8 Å². The Bertz CT molecular complexity index is 474. The Morgan fingerprint density at radius 1 is 1.13 bits per heavy atom. The molecular weight excluding hydrogens is 292 g/mol. The van der Waals surface area contributed by atoms with E-state index in [0.717, 1.165) is 13.0 Å². The maximum Gasteiger partial charge on any atom is 0.251 e. The average molecular weight is 320 g/mol. The number of ether oxygens (including phenoxy) is 1. The second-order valence-electron chi connectivity index (χ2n) is 6.12. The molecule has 23 heavy (non-hydrogen) atoms. The zero-order valence-electron chi connectivity index (χ0n) is 14.3. The third-order valence-corrected chi connectivity index (χ3v) is 3.14. The van der Waals surface area contributed by atoms with Gasteiger partial charge in [-0.2, -0.15) is 0 Å². The number of carbonyl (C=O) groups is 2. The summed E-state index contributed by atoms with van der Waals surface area (Å²) in [5.74, 6) is 0.307. The molecule has 0 aliphatic heterocycles. The number of nitrogens with one attached hydrogen (secondary N) is 2. The molecule has 1 rings (SSSR count). The highest BCUT2D eigenvalue weighted by Crippen LogP contribution is 2.00. The maximum absolute atomic E-state index is 12.0. The van der Waals surface area contributed by atoms with Gasteiger partial charge in [0.2, 0.25) is 5.91 Å². The van der Waals surface area contributed by atoms with Crippen LogP contribution < -0.4 is 10.6 Å². The van der Waals surface area contributed by atoms with Crippen LogP contribution in [0.4, 0.5) is 0 Å². The minimum atomic E-state index is -0.208. The predicted octanol–water partition coefficient (Wildman–Crippen LogP) is 2.37. The fourth-order valence-electron chi connectivity index (χ4n) is 2.02. The zero-order valence-corrected chi connectivity index (χ0v) is 14.3. The normalized spacial score (nSPS) is 12.0. The van der Waals surface area contributed by atoms with Crippen molar-refractivity contribution in [1.82, 2.24) is 10.6 Å². The van der Waals surface area contributed by atoms with Crippen LogP contribution in [0.2, 0.25) is 0 Å². The summed E-state index contributed by atoms with van der Waals surface area (Å²) < 4.78 is 5.45. The van der Waals surface area contributed by atoms with Crippen molar-refractivity contribution in [1.29, 1.82) is 0 Å². The van der Waals surface area contributed by atoms with Crippen LogP contribution >= 0.6 is 0 Å². The van der Waals surface area contributed by atoms with Gasteiger partial charge in [0.1, 0.15) is 0 Å². The minimum absolute atomic E-state index is 0.0604. The molecule has 2 N–H and O–H groups in total. The minimum Gasteiger partial charge on any atom is -0.381 e. The lowest BCUT2D eigenvalue weighted by molar-refractivity contribution is -0.121. The molecule has 1 unspecified atom stereocenters. The Morgan fingerprint density at radius 3 is 2.48 bits per heavy atom. The Kier molecular flexibility index (Phi) is 8.98. The lowest BCUT2D eigenvalue weighted by Gasteiger charge is -2.14. The molecule has 0 aliphatic carbocycles. The highest BCUT2D eigenvalue weighted by Gasteiger charge is 2.12. The summed E-state index contributed by atoms with van der Waals surface area (Å²) in [6.45, 7) is 8.03. The van der Waals surface area contributed by atoms with E-state index in [1.807, 2.05) is 25.1 Å². The molecule has 5 heteroatoms. The predicted molar refractivity (Wildman–Crippen MR) is 91.3 cm³/mol. The molecule has 0 fully saturated rings. The molecule has 128 valence electrons. The van der Waals surface area contributed by atoms with Crippen LogP contribution in [0.5, 0.6) is 0 Å². The summed E-state index contributed by atoms with van der Waals surface area (Å²) in [6, 6.07) is 8.78. The van der Waals surface area contributed by atoms with E-state index in [9.17, 15) is 9.59 Å². The highest BCUT2D eigenvalue weighted by atomic mass is 16.5. The SMILES string of the molecule is CC(C)COCCCNC(=O)CC(C)NC(=O)c1ccccc1. The molecule has 1 aromatic rings. The van der Waals surface area contributed by atoms with E-state index < -0.39 is 0 Å². The van der Waals surface area contributed by atoms with Gasteiger partial charge in [-0.1, -0.05) is 32.0 Å². The van der Waals surface area contributed by atoms with Crippen LogP contribution in [-0.2, 0) is 9.53 Å². The first-order valence-corrected chi connectivity index (χ1v) is 8.19. The summed E-state index contributed by atoms with van der Waals surface area (Å²) in [6.07, 6.45) is 1.06. The molecule has 0 heterocycles. The van der Waals surface area contributed by atoms with Gasteiger partial charge >= 0.3 is 0 Å². The van der Waals surface area contributed by atoms with Crippen molar-refractivity contribution in [3.05, 3.63) is 35.9 Å². The first kappa shape index (κ1) is 19.2. The molecule has 1 aromatic carbocycles. The van der Waals surface area contributed by atoms with Crippen LogP contribution in [-0.4, -0.2) is 37.6 Å². The summed E-state index contributed by atoms with van der Waals surface area (Å²) in [4.78, 5) is 23.8. The Hall–Kier alpha value is -1.88. The summed E-state index contributed by atoms with van der Waals surface area (Å²) in [7, 11) is 0. The van der Waals surface area contributed by atoms with Crippen LogP contribution in [0.3, 0.4) is 0 Å². The smallest absolute Gasteiger partial charge is 0.251 e. The lowest BCUT2D eigenvalue weighted by Crippen LogP contribution is -2.37. The largest absolute Gasteiger partial charge is 0.381 e. The molecule has 5 nitrogen and oxygen atoms in total. The van der Waals surface area contributed by atoms with Crippen LogP contribution in [0.15, 0.2) is 30.3 Å².